The van der Waals surface area contributed by atoms with Crippen molar-refractivity contribution in [2.75, 3.05) is 25.5 Å². The van der Waals surface area contributed by atoms with E-state index in [1.165, 1.54) is 6.07 Å². The molecule has 0 aliphatic heterocycles. The zero-order chi connectivity index (χ0) is 19.5. The van der Waals surface area contributed by atoms with Gasteiger partial charge in [0, 0.05) is 30.6 Å². The molecule has 1 atom stereocenters. The minimum atomic E-state index is -4.33. The predicted molar refractivity (Wildman–Crippen MR) is 103 cm³/mol. The van der Waals surface area contributed by atoms with Gasteiger partial charge in [0.25, 0.3) is 0 Å². The number of carboxylic acid groups (broad SMARTS) is 1. The number of unbranched alkanes of at least 4 members (excludes halogenated alkanes) is 1. The third-order valence-corrected chi connectivity index (χ3v) is 6.75. The van der Waals surface area contributed by atoms with Gasteiger partial charge >= 0.3 is 5.97 Å². The summed E-state index contributed by atoms with van der Waals surface area (Å²) in [7, 11) is -0.622. The molecule has 2 aromatic rings. The fraction of sp³-hybridized carbons (Fsp3) is 0.389. The van der Waals surface area contributed by atoms with Crippen molar-refractivity contribution in [2.45, 2.75) is 29.0 Å². The monoisotopic (exact) mass is 379 g/mol. The number of hydrogen-bond acceptors (Lipinski definition) is 6. The molecule has 0 bridgehead atoms. The Morgan fingerprint density at radius 3 is 2.31 bits per heavy atom. The van der Waals surface area contributed by atoms with E-state index in [0.29, 0.717) is 30.2 Å². The summed E-state index contributed by atoms with van der Waals surface area (Å²) in [5, 5.41) is 10.8. The second-order valence-electron chi connectivity index (χ2n) is 6.47. The molecule has 2 aromatic carbocycles. The lowest BCUT2D eigenvalue weighted by atomic mass is 10.1. The minimum absolute atomic E-state index is 0.0728. The van der Waals surface area contributed by atoms with Crippen LogP contribution in [-0.2, 0) is 14.6 Å². The van der Waals surface area contributed by atoms with Gasteiger partial charge in [-0.25, -0.2) is 13.2 Å². The van der Waals surface area contributed by atoms with Crippen LogP contribution in [0.5, 0.6) is 0 Å². The Balaban J connectivity index is 2.68. The lowest BCUT2D eigenvalue weighted by Crippen LogP contribution is -2.54. The van der Waals surface area contributed by atoms with Gasteiger partial charge < -0.3 is 21.5 Å². The molecule has 5 N–H and O–H groups in total. The highest BCUT2D eigenvalue weighted by atomic mass is 32.2. The maximum atomic E-state index is 13.2. The first-order chi connectivity index (χ1) is 12.2. The first-order valence-electron chi connectivity index (χ1n) is 8.33. The van der Waals surface area contributed by atoms with Crippen molar-refractivity contribution in [3.63, 3.8) is 0 Å². The first-order valence-corrected chi connectivity index (χ1v) is 9.81. The van der Waals surface area contributed by atoms with Crippen LogP contribution in [0.25, 0.3) is 10.8 Å². The zero-order valence-corrected chi connectivity index (χ0v) is 15.8. The quantitative estimate of drug-likeness (QED) is 0.594. The van der Waals surface area contributed by atoms with Crippen molar-refractivity contribution in [1.29, 1.82) is 0 Å². The van der Waals surface area contributed by atoms with E-state index >= 15 is 0 Å². The van der Waals surface area contributed by atoms with E-state index in [1.807, 2.05) is 25.1 Å². The van der Waals surface area contributed by atoms with Crippen LogP contribution < -0.4 is 16.4 Å². The summed E-state index contributed by atoms with van der Waals surface area (Å²) in [6.07, 6.45) is 0.611. The van der Waals surface area contributed by atoms with Crippen LogP contribution >= 0.6 is 0 Å². The van der Waals surface area contributed by atoms with Gasteiger partial charge in [0.2, 0.25) is 14.7 Å². The van der Waals surface area contributed by atoms with E-state index < -0.39 is 20.7 Å². The van der Waals surface area contributed by atoms with Crippen LogP contribution in [0.1, 0.15) is 19.3 Å². The lowest BCUT2D eigenvalue weighted by molar-refractivity contribution is -0.140. The van der Waals surface area contributed by atoms with Gasteiger partial charge in [-0.3, -0.25) is 0 Å². The summed E-state index contributed by atoms with van der Waals surface area (Å²) < 4.78 is 26.5. The maximum Gasteiger partial charge on any atom is 0.339 e. The number of carbonyl (C=O) groups is 1. The number of sulfone groups is 1. The van der Waals surface area contributed by atoms with Gasteiger partial charge in [-0.2, -0.15) is 0 Å². The molecule has 0 saturated carbocycles. The fourth-order valence-corrected chi connectivity index (χ4v) is 4.73. The predicted octanol–water partition coefficient (Wildman–Crippen LogP) is 1.55. The molecule has 142 valence electrons. The Labute approximate surface area is 153 Å². The van der Waals surface area contributed by atoms with E-state index in [-0.39, 0.29) is 11.3 Å². The van der Waals surface area contributed by atoms with Crippen LogP contribution in [0, 0.1) is 0 Å². The summed E-state index contributed by atoms with van der Waals surface area (Å²) in [4.78, 5) is 11.2. The largest absolute Gasteiger partial charge is 0.479 e. The van der Waals surface area contributed by atoms with Crippen LogP contribution in [-0.4, -0.2) is 45.0 Å². The molecule has 0 aliphatic carbocycles. The minimum Gasteiger partial charge on any atom is -0.479 e. The van der Waals surface area contributed by atoms with E-state index in [4.69, 9.17) is 11.5 Å². The molecule has 0 unspecified atom stereocenters. The van der Waals surface area contributed by atoms with E-state index in [1.54, 1.807) is 24.3 Å². The van der Waals surface area contributed by atoms with E-state index in [2.05, 4.69) is 0 Å². The van der Waals surface area contributed by atoms with Crippen molar-refractivity contribution >= 4 is 32.3 Å². The van der Waals surface area contributed by atoms with Gasteiger partial charge in [-0.15, -0.1) is 0 Å². The number of rotatable bonds is 8. The van der Waals surface area contributed by atoms with Crippen LogP contribution in [0.15, 0.2) is 41.3 Å². The summed E-state index contributed by atoms with van der Waals surface area (Å²) in [6, 6.07) is 10.1. The van der Waals surface area contributed by atoms with Crippen molar-refractivity contribution in [3.05, 3.63) is 36.4 Å². The van der Waals surface area contributed by atoms with Gasteiger partial charge in [0.15, 0.2) is 0 Å². The Hall–Kier alpha value is -2.16. The van der Waals surface area contributed by atoms with Gasteiger partial charge in [0.1, 0.15) is 0 Å². The molecule has 26 heavy (non-hydrogen) atoms. The number of fused-ring (bicyclic) bond motifs is 1. The summed E-state index contributed by atoms with van der Waals surface area (Å²) in [5.74, 6) is -1.56. The molecule has 7 nitrogen and oxygen atoms in total. The second-order valence-corrected chi connectivity index (χ2v) is 8.64. The van der Waals surface area contributed by atoms with E-state index in [0.717, 1.165) is 5.69 Å². The molecule has 2 rings (SSSR count). The van der Waals surface area contributed by atoms with Gasteiger partial charge in [-0.05, 0) is 37.9 Å². The Kier molecular flexibility index (Phi) is 5.90. The Morgan fingerprint density at radius 1 is 1.12 bits per heavy atom. The molecule has 8 heteroatoms. The molecule has 0 aromatic heterocycles. The highest BCUT2D eigenvalue weighted by Crippen LogP contribution is 2.35. The average molecular weight is 379 g/mol. The summed E-state index contributed by atoms with van der Waals surface area (Å²) in [5.41, 5.74) is 12.2. The average Bonchev–Trinajstić information content (AvgIpc) is 2.60. The molecule has 0 saturated heterocycles. The van der Waals surface area contributed by atoms with Gasteiger partial charge in [-0.1, -0.05) is 24.3 Å². The Bertz CT molecular complexity index is 912. The number of carboxylic acids is 1. The molecular weight excluding hydrogens is 354 g/mol. The van der Waals surface area contributed by atoms with Crippen LogP contribution in [0.3, 0.4) is 0 Å². The fourth-order valence-electron chi connectivity index (χ4n) is 2.97. The first kappa shape index (κ1) is 20.2. The Morgan fingerprint density at radius 2 is 1.73 bits per heavy atom. The number of aliphatic carboxylic acids is 1. The number of nitrogens with zero attached hydrogens (tertiary/aromatic N) is 1. The number of hydrogen-bond donors (Lipinski definition) is 3. The highest BCUT2D eigenvalue weighted by Gasteiger charge is 2.48. The number of anilines is 1. The van der Waals surface area contributed by atoms with Crippen molar-refractivity contribution < 1.29 is 18.3 Å². The van der Waals surface area contributed by atoms with Crippen molar-refractivity contribution in [1.82, 2.24) is 0 Å². The zero-order valence-electron chi connectivity index (χ0n) is 15.0. The number of benzene rings is 2. The van der Waals surface area contributed by atoms with Crippen molar-refractivity contribution in [2.24, 2.45) is 11.5 Å². The normalized spacial score (nSPS) is 14.2. The molecule has 0 spiro atoms. The maximum absolute atomic E-state index is 13.2. The molecule has 0 fully saturated rings. The van der Waals surface area contributed by atoms with E-state index in [9.17, 15) is 18.3 Å². The van der Waals surface area contributed by atoms with Crippen molar-refractivity contribution in [3.8, 4) is 0 Å². The topological polar surface area (TPSA) is 127 Å². The highest BCUT2D eigenvalue weighted by molar-refractivity contribution is 7.93. The molecule has 0 heterocycles. The smallest absolute Gasteiger partial charge is 0.339 e. The molecular formula is C18H25N3O4S. The second kappa shape index (κ2) is 7.61. The van der Waals surface area contributed by atoms with Gasteiger partial charge in [0.05, 0.1) is 4.90 Å². The lowest BCUT2D eigenvalue weighted by Gasteiger charge is -2.26. The SMILES string of the molecule is CN(C)c1cccc2c(S(=O)(=O)[C@](N)(CCCCN)C(=O)O)cccc12. The summed E-state index contributed by atoms with van der Waals surface area (Å²) >= 11 is 0. The third kappa shape index (κ3) is 3.40. The molecule has 0 radical (unpaired) electrons. The summed E-state index contributed by atoms with van der Waals surface area (Å²) in [6.45, 7) is 0.343. The third-order valence-electron chi connectivity index (χ3n) is 4.47. The van der Waals surface area contributed by atoms with Crippen LogP contribution in [0.2, 0.25) is 0 Å². The van der Waals surface area contributed by atoms with Crippen LogP contribution in [0.4, 0.5) is 5.69 Å². The molecule has 0 aliphatic rings. The number of nitrogens with two attached hydrogens (primary N) is 2. The molecule has 0 amide bonds. The standard InChI is InChI=1S/C18H25N3O4S/c1-21(2)15-9-5-8-14-13(15)7-6-10-16(14)26(24,25)18(20,17(22)23)11-3-4-12-19/h5-10H,3-4,11-12,19-20H2,1-2H3,(H,22,23)/t18-/m1/s1.